The number of aryl methyl sites for hydroxylation is 2. The minimum absolute atomic E-state index is 0.142. The van der Waals surface area contributed by atoms with Crippen LogP contribution in [0.2, 0.25) is 0 Å². The summed E-state index contributed by atoms with van der Waals surface area (Å²) in [5.41, 5.74) is 2.62. The highest BCUT2D eigenvalue weighted by Gasteiger charge is 2.20. The number of benzene rings is 2. The van der Waals surface area contributed by atoms with Crippen molar-refractivity contribution in [1.29, 1.82) is 0 Å². The van der Waals surface area contributed by atoms with E-state index < -0.39 is 10.0 Å². The van der Waals surface area contributed by atoms with Crippen molar-refractivity contribution >= 4 is 32.4 Å². The number of amides is 1. The number of nitrogens with zero attached hydrogens (tertiary/aromatic N) is 1. The molecule has 0 bridgehead atoms. The quantitative estimate of drug-likeness (QED) is 0.662. The smallest absolute Gasteiger partial charge is 0.263 e. The molecule has 6 nitrogen and oxygen atoms in total. The number of carbonyl (C=O) groups is 1. The van der Waals surface area contributed by atoms with Crippen LogP contribution in [0.25, 0.3) is 0 Å². The van der Waals surface area contributed by atoms with E-state index in [1.165, 1.54) is 12.1 Å². The topological polar surface area (TPSA) is 88.2 Å². The first-order valence-electron chi connectivity index (χ1n) is 8.24. The van der Waals surface area contributed by atoms with Crippen molar-refractivity contribution in [1.82, 2.24) is 10.3 Å². The molecule has 3 rings (SSSR count). The fraction of sp³-hybridized carbons (Fsp3) is 0.158. The number of anilines is 1. The Morgan fingerprint density at radius 2 is 1.70 bits per heavy atom. The zero-order valence-electron chi connectivity index (χ0n) is 14.9. The lowest BCUT2D eigenvalue weighted by molar-refractivity contribution is 0.0954. The van der Waals surface area contributed by atoms with E-state index >= 15 is 0 Å². The van der Waals surface area contributed by atoms with Crippen LogP contribution in [0, 0.1) is 13.8 Å². The predicted octanol–water partition coefficient (Wildman–Crippen LogP) is 3.49. The summed E-state index contributed by atoms with van der Waals surface area (Å²) in [5.74, 6) is -0.282. The lowest BCUT2D eigenvalue weighted by atomic mass is 10.1. The first-order valence-corrected chi connectivity index (χ1v) is 10.5. The van der Waals surface area contributed by atoms with Crippen molar-refractivity contribution in [2.45, 2.75) is 25.3 Å². The molecule has 0 aliphatic carbocycles. The monoisotopic (exact) mass is 401 g/mol. The van der Waals surface area contributed by atoms with Crippen molar-refractivity contribution in [3.8, 4) is 0 Å². The second-order valence-corrected chi connectivity index (χ2v) is 8.70. The van der Waals surface area contributed by atoms with Crippen LogP contribution >= 0.6 is 11.3 Å². The fourth-order valence-corrected chi connectivity index (χ4v) is 4.53. The number of rotatable bonds is 6. The molecular weight excluding hydrogens is 382 g/mol. The second-order valence-electron chi connectivity index (χ2n) is 6.02. The van der Waals surface area contributed by atoms with Crippen LogP contribution in [-0.4, -0.2) is 19.3 Å². The number of aromatic nitrogens is 1. The largest absolute Gasteiger partial charge is 0.347 e. The SMILES string of the molecule is Cc1ccc(CNC(=O)c2sc(NS(=O)(=O)c3ccccc3)nc2C)cc1. The molecule has 1 amide bonds. The van der Waals surface area contributed by atoms with Crippen molar-refractivity contribution in [3.63, 3.8) is 0 Å². The van der Waals surface area contributed by atoms with Gasteiger partial charge in [0, 0.05) is 6.54 Å². The molecule has 1 aromatic heterocycles. The van der Waals surface area contributed by atoms with E-state index in [1.807, 2.05) is 31.2 Å². The van der Waals surface area contributed by atoms with Gasteiger partial charge >= 0.3 is 0 Å². The Bertz CT molecular complexity index is 1040. The molecule has 0 unspecified atom stereocenters. The molecule has 2 aromatic carbocycles. The minimum Gasteiger partial charge on any atom is -0.347 e. The fourth-order valence-electron chi connectivity index (χ4n) is 2.39. The lowest BCUT2D eigenvalue weighted by Crippen LogP contribution is -2.22. The first kappa shape index (κ1) is 19.1. The molecule has 2 N–H and O–H groups in total. The highest BCUT2D eigenvalue weighted by Crippen LogP contribution is 2.25. The summed E-state index contributed by atoms with van der Waals surface area (Å²) < 4.78 is 27.2. The Kier molecular flexibility index (Phi) is 5.57. The van der Waals surface area contributed by atoms with Gasteiger partial charge in [-0.1, -0.05) is 59.4 Å². The first-order chi connectivity index (χ1) is 12.8. The molecule has 0 aliphatic rings. The molecule has 0 aliphatic heterocycles. The van der Waals surface area contributed by atoms with Crippen molar-refractivity contribution in [3.05, 3.63) is 76.3 Å². The van der Waals surface area contributed by atoms with E-state index in [1.54, 1.807) is 25.1 Å². The summed E-state index contributed by atoms with van der Waals surface area (Å²) in [7, 11) is -3.74. The number of carbonyl (C=O) groups excluding carboxylic acids is 1. The minimum atomic E-state index is -3.74. The molecule has 3 aromatic rings. The Hall–Kier alpha value is -2.71. The molecule has 27 heavy (non-hydrogen) atoms. The van der Waals surface area contributed by atoms with E-state index in [4.69, 9.17) is 0 Å². The molecular formula is C19H19N3O3S2. The van der Waals surface area contributed by atoms with E-state index in [0.717, 1.165) is 22.5 Å². The molecule has 0 fully saturated rings. The number of hydrogen-bond donors (Lipinski definition) is 2. The van der Waals surface area contributed by atoms with Crippen molar-refractivity contribution in [2.24, 2.45) is 0 Å². The van der Waals surface area contributed by atoms with Gasteiger partial charge in [-0.3, -0.25) is 9.52 Å². The highest BCUT2D eigenvalue weighted by atomic mass is 32.2. The van der Waals surface area contributed by atoms with E-state index in [0.29, 0.717) is 17.1 Å². The zero-order chi connectivity index (χ0) is 19.4. The highest BCUT2D eigenvalue weighted by molar-refractivity contribution is 7.93. The molecule has 0 saturated heterocycles. The van der Waals surface area contributed by atoms with Crippen LogP contribution < -0.4 is 10.0 Å². The van der Waals surface area contributed by atoms with Crippen LogP contribution in [0.5, 0.6) is 0 Å². The number of hydrogen-bond acceptors (Lipinski definition) is 5. The summed E-state index contributed by atoms with van der Waals surface area (Å²) in [4.78, 5) is 17.1. The number of thiazole rings is 1. The Morgan fingerprint density at radius 3 is 2.37 bits per heavy atom. The maximum Gasteiger partial charge on any atom is 0.263 e. The van der Waals surface area contributed by atoms with Crippen LogP contribution in [0.3, 0.4) is 0 Å². The van der Waals surface area contributed by atoms with Gasteiger partial charge in [0.2, 0.25) is 0 Å². The maximum absolute atomic E-state index is 12.4. The van der Waals surface area contributed by atoms with Gasteiger partial charge in [-0.05, 0) is 31.5 Å². The van der Waals surface area contributed by atoms with Gasteiger partial charge in [0.05, 0.1) is 10.6 Å². The summed E-state index contributed by atoms with van der Waals surface area (Å²) in [6.45, 7) is 4.07. The third kappa shape index (κ3) is 4.72. The van der Waals surface area contributed by atoms with Gasteiger partial charge < -0.3 is 5.32 Å². The molecule has 0 atom stereocenters. The second kappa shape index (κ2) is 7.89. The average molecular weight is 402 g/mol. The normalized spacial score (nSPS) is 11.2. The van der Waals surface area contributed by atoms with E-state index in [9.17, 15) is 13.2 Å². The van der Waals surface area contributed by atoms with Crippen LogP contribution in [0.15, 0.2) is 59.5 Å². The van der Waals surface area contributed by atoms with Crippen molar-refractivity contribution < 1.29 is 13.2 Å². The molecule has 8 heteroatoms. The van der Waals surface area contributed by atoms with Crippen LogP contribution in [-0.2, 0) is 16.6 Å². The number of sulfonamides is 1. The van der Waals surface area contributed by atoms with Gasteiger partial charge in [0.25, 0.3) is 15.9 Å². The maximum atomic E-state index is 12.4. The molecule has 0 radical (unpaired) electrons. The van der Waals surface area contributed by atoms with Gasteiger partial charge in [-0.25, -0.2) is 13.4 Å². The van der Waals surface area contributed by atoms with Crippen LogP contribution in [0.1, 0.15) is 26.5 Å². The van der Waals surface area contributed by atoms with Crippen LogP contribution in [0.4, 0.5) is 5.13 Å². The molecule has 0 spiro atoms. The summed E-state index contributed by atoms with van der Waals surface area (Å²) in [6, 6.07) is 15.9. The lowest BCUT2D eigenvalue weighted by Gasteiger charge is -2.05. The van der Waals surface area contributed by atoms with Crippen molar-refractivity contribution in [2.75, 3.05) is 4.72 Å². The average Bonchev–Trinajstić information content (AvgIpc) is 3.01. The molecule has 1 heterocycles. The van der Waals surface area contributed by atoms with Gasteiger partial charge in [-0.15, -0.1) is 0 Å². The third-order valence-electron chi connectivity index (χ3n) is 3.85. The molecule has 0 saturated carbocycles. The Labute approximate surface area is 162 Å². The standard InChI is InChI=1S/C19H19N3O3S2/c1-13-8-10-15(11-9-13)12-20-18(23)17-14(2)21-19(26-17)22-27(24,25)16-6-4-3-5-7-16/h3-11H,12H2,1-2H3,(H,20,23)(H,21,22). The van der Waals surface area contributed by atoms with E-state index in [-0.39, 0.29) is 15.9 Å². The Balaban J connectivity index is 1.70. The van der Waals surface area contributed by atoms with Gasteiger partial charge in [0.15, 0.2) is 5.13 Å². The zero-order valence-corrected chi connectivity index (χ0v) is 16.5. The summed E-state index contributed by atoms with van der Waals surface area (Å²) in [6.07, 6.45) is 0. The van der Waals surface area contributed by atoms with Gasteiger partial charge in [0.1, 0.15) is 4.88 Å². The predicted molar refractivity (Wildman–Crippen MR) is 106 cm³/mol. The molecule has 140 valence electrons. The third-order valence-corrected chi connectivity index (χ3v) is 6.41. The summed E-state index contributed by atoms with van der Waals surface area (Å²) >= 11 is 1.01. The van der Waals surface area contributed by atoms with Gasteiger partial charge in [-0.2, -0.15) is 0 Å². The van der Waals surface area contributed by atoms with E-state index in [2.05, 4.69) is 15.0 Å². The Morgan fingerprint density at radius 1 is 1.04 bits per heavy atom. The number of nitrogens with one attached hydrogen (secondary N) is 2. The summed E-state index contributed by atoms with van der Waals surface area (Å²) in [5, 5.41) is 3.00.